The second kappa shape index (κ2) is 4.72. The molecule has 0 unspecified atom stereocenters. The molecule has 0 radical (unpaired) electrons. The number of anilines is 3. The summed E-state index contributed by atoms with van der Waals surface area (Å²) in [4.78, 5) is 0. The van der Waals surface area contributed by atoms with Gasteiger partial charge in [0.05, 0.1) is 11.4 Å². The van der Waals surface area contributed by atoms with Gasteiger partial charge in [0.2, 0.25) is 0 Å². The second-order valence-electron chi connectivity index (χ2n) is 2.38. The van der Waals surface area contributed by atoms with Gasteiger partial charge >= 0.3 is 0 Å². The molecule has 3 nitrogen and oxygen atoms in total. The van der Waals surface area contributed by atoms with Crippen LogP contribution in [0.2, 0.25) is 0 Å². The summed E-state index contributed by atoms with van der Waals surface area (Å²) in [5.41, 5.74) is 13.6. The highest BCUT2D eigenvalue weighted by atomic mass is 35.5. The Kier molecular flexibility index (Phi) is 4.29. The summed E-state index contributed by atoms with van der Waals surface area (Å²) in [6.07, 6.45) is 0. The molecular formula is C8H14ClN3. The van der Waals surface area contributed by atoms with E-state index in [0.29, 0.717) is 0 Å². The van der Waals surface area contributed by atoms with E-state index in [1.54, 1.807) is 12.1 Å². The minimum absolute atomic E-state index is 0. The van der Waals surface area contributed by atoms with Gasteiger partial charge in [-0.3, -0.25) is 0 Å². The van der Waals surface area contributed by atoms with Crippen LogP contribution in [0.4, 0.5) is 17.1 Å². The second-order valence-corrected chi connectivity index (χ2v) is 2.38. The average molecular weight is 188 g/mol. The molecule has 0 aliphatic heterocycles. The molecule has 0 heterocycles. The fraction of sp³-hybridized carbons (Fsp3) is 0.250. The smallest absolute Gasteiger partial charge is 0.0594 e. The Bertz CT molecular complexity index is 250. The summed E-state index contributed by atoms with van der Waals surface area (Å²) in [5.74, 6) is 0. The lowest BCUT2D eigenvalue weighted by molar-refractivity contribution is 1.21. The van der Waals surface area contributed by atoms with Crippen molar-refractivity contribution in [2.75, 3.05) is 23.3 Å². The van der Waals surface area contributed by atoms with Crippen LogP contribution in [0.1, 0.15) is 6.92 Å². The molecule has 0 saturated heterocycles. The summed E-state index contributed by atoms with van der Waals surface area (Å²) in [7, 11) is 0. The lowest BCUT2D eigenvalue weighted by atomic mass is 10.2. The molecule has 68 valence electrons. The van der Waals surface area contributed by atoms with E-state index in [9.17, 15) is 0 Å². The van der Waals surface area contributed by atoms with Crippen LogP contribution in [0.15, 0.2) is 18.2 Å². The van der Waals surface area contributed by atoms with Gasteiger partial charge in [-0.05, 0) is 25.1 Å². The Labute approximate surface area is 78.5 Å². The van der Waals surface area contributed by atoms with Crippen molar-refractivity contribution in [1.29, 1.82) is 0 Å². The predicted molar refractivity (Wildman–Crippen MR) is 56.7 cm³/mol. The van der Waals surface area contributed by atoms with E-state index < -0.39 is 0 Å². The van der Waals surface area contributed by atoms with Crippen LogP contribution in [0.3, 0.4) is 0 Å². The number of benzene rings is 1. The number of halogens is 1. The first kappa shape index (κ1) is 10.9. The van der Waals surface area contributed by atoms with Crippen LogP contribution >= 0.6 is 12.4 Å². The van der Waals surface area contributed by atoms with Gasteiger partial charge in [-0.2, -0.15) is 0 Å². The normalized spacial score (nSPS) is 8.75. The Hall–Kier alpha value is -1.09. The van der Waals surface area contributed by atoms with Crippen molar-refractivity contribution in [2.24, 2.45) is 0 Å². The molecule has 0 aliphatic rings. The maximum absolute atomic E-state index is 5.66. The summed E-state index contributed by atoms with van der Waals surface area (Å²) in [6.45, 7) is 2.87. The first-order valence-electron chi connectivity index (χ1n) is 3.63. The third kappa shape index (κ3) is 2.51. The fourth-order valence-corrected chi connectivity index (χ4v) is 0.917. The van der Waals surface area contributed by atoms with Crippen molar-refractivity contribution in [3.63, 3.8) is 0 Å². The molecular weight excluding hydrogens is 174 g/mol. The van der Waals surface area contributed by atoms with Crippen LogP contribution in [-0.4, -0.2) is 6.54 Å². The average Bonchev–Trinajstić information content (AvgIpc) is 1.98. The minimum atomic E-state index is 0. The number of hydrogen-bond acceptors (Lipinski definition) is 3. The number of nitrogen functional groups attached to an aromatic ring is 2. The van der Waals surface area contributed by atoms with E-state index in [4.69, 9.17) is 11.5 Å². The highest BCUT2D eigenvalue weighted by molar-refractivity contribution is 5.85. The molecule has 0 amide bonds. The first-order valence-corrected chi connectivity index (χ1v) is 3.63. The van der Waals surface area contributed by atoms with Crippen LogP contribution in [0.5, 0.6) is 0 Å². The SMILES string of the molecule is CCNc1cc(N)ccc1N.Cl. The van der Waals surface area contributed by atoms with Crippen molar-refractivity contribution in [3.8, 4) is 0 Å². The van der Waals surface area contributed by atoms with Crippen LogP contribution in [0.25, 0.3) is 0 Å². The van der Waals surface area contributed by atoms with Gasteiger partial charge in [-0.25, -0.2) is 0 Å². The van der Waals surface area contributed by atoms with E-state index in [2.05, 4.69) is 5.32 Å². The lowest BCUT2D eigenvalue weighted by Crippen LogP contribution is -2.01. The molecule has 1 aromatic carbocycles. The number of hydrogen-bond donors (Lipinski definition) is 3. The minimum Gasteiger partial charge on any atom is -0.399 e. The van der Waals surface area contributed by atoms with Crippen LogP contribution in [-0.2, 0) is 0 Å². The third-order valence-electron chi connectivity index (χ3n) is 1.44. The van der Waals surface area contributed by atoms with E-state index in [1.165, 1.54) is 0 Å². The fourth-order valence-electron chi connectivity index (χ4n) is 0.917. The molecule has 1 rings (SSSR count). The Morgan fingerprint density at radius 2 is 2.00 bits per heavy atom. The zero-order chi connectivity index (χ0) is 8.27. The first-order chi connectivity index (χ1) is 5.24. The molecule has 0 spiro atoms. The third-order valence-corrected chi connectivity index (χ3v) is 1.44. The number of rotatable bonds is 2. The van der Waals surface area contributed by atoms with E-state index in [-0.39, 0.29) is 12.4 Å². The van der Waals surface area contributed by atoms with E-state index >= 15 is 0 Å². The summed E-state index contributed by atoms with van der Waals surface area (Å²) < 4.78 is 0. The molecule has 0 aliphatic carbocycles. The maximum atomic E-state index is 5.66. The monoisotopic (exact) mass is 187 g/mol. The van der Waals surface area contributed by atoms with Crippen LogP contribution < -0.4 is 16.8 Å². The number of nitrogens with two attached hydrogens (primary N) is 2. The van der Waals surface area contributed by atoms with Gasteiger partial charge in [0.15, 0.2) is 0 Å². The quantitative estimate of drug-likeness (QED) is 0.618. The molecule has 0 saturated carbocycles. The van der Waals surface area contributed by atoms with Crippen molar-refractivity contribution in [3.05, 3.63) is 18.2 Å². The molecule has 4 heteroatoms. The predicted octanol–water partition coefficient (Wildman–Crippen LogP) is 1.70. The zero-order valence-corrected chi connectivity index (χ0v) is 7.82. The van der Waals surface area contributed by atoms with Crippen molar-refractivity contribution < 1.29 is 0 Å². The Balaban J connectivity index is 0.00000121. The van der Waals surface area contributed by atoms with Crippen molar-refractivity contribution in [2.45, 2.75) is 6.92 Å². The molecule has 0 bridgehead atoms. The molecule has 0 aromatic heterocycles. The van der Waals surface area contributed by atoms with Gasteiger partial charge in [-0.1, -0.05) is 0 Å². The summed E-state index contributed by atoms with van der Waals surface area (Å²) in [6, 6.07) is 5.42. The van der Waals surface area contributed by atoms with Crippen LogP contribution in [0, 0.1) is 0 Å². The van der Waals surface area contributed by atoms with Gasteiger partial charge in [0.1, 0.15) is 0 Å². The van der Waals surface area contributed by atoms with Gasteiger partial charge < -0.3 is 16.8 Å². The molecule has 0 atom stereocenters. The maximum Gasteiger partial charge on any atom is 0.0594 e. The number of nitrogens with one attached hydrogen (secondary N) is 1. The molecule has 5 N–H and O–H groups in total. The largest absolute Gasteiger partial charge is 0.399 e. The lowest BCUT2D eigenvalue weighted by Gasteiger charge is -2.06. The summed E-state index contributed by atoms with van der Waals surface area (Å²) in [5, 5.41) is 3.11. The molecule has 12 heavy (non-hydrogen) atoms. The van der Waals surface area contributed by atoms with E-state index in [1.807, 2.05) is 13.0 Å². The highest BCUT2D eigenvalue weighted by Crippen LogP contribution is 2.20. The standard InChI is InChI=1S/C8H13N3.ClH/c1-2-11-8-5-6(9)3-4-7(8)10;/h3-5,11H,2,9-10H2,1H3;1H. The van der Waals surface area contributed by atoms with Gasteiger partial charge in [-0.15, -0.1) is 12.4 Å². The van der Waals surface area contributed by atoms with Crippen molar-refractivity contribution in [1.82, 2.24) is 0 Å². The van der Waals surface area contributed by atoms with Gasteiger partial charge in [0, 0.05) is 12.2 Å². The Morgan fingerprint density at radius 1 is 1.33 bits per heavy atom. The highest BCUT2D eigenvalue weighted by Gasteiger charge is 1.95. The molecule has 0 fully saturated rings. The Morgan fingerprint density at radius 3 is 2.58 bits per heavy atom. The molecule has 1 aromatic rings. The topological polar surface area (TPSA) is 64.1 Å². The van der Waals surface area contributed by atoms with Crippen molar-refractivity contribution >= 4 is 29.5 Å². The van der Waals surface area contributed by atoms with E-state index in [0.717, 1.165) is 23.6 Å². The van der Waals surface area contributed by atoms with Gasteiger partial charge in [0.25, 0.3) is 0 Å². The zero-order valence-electron chi connectivity index (χ0n) is 7.00. The summed E-state index contributed by atoms with van der Waals surface area (Å²) >= 11 is 0.